The highest BCUT2D eigenvalue weighted by Crippen LogP contribution is 2.13. The smallest absolute Gasteiger partial charge is 0.262 e. The SMILES string of the molecule is CCCCOc1cccc(C=NNC(=O)C(NC(=O)c2ccccc2F)C(C)C)c1. The van der Waals surface area contributed by atoms with Crippen molar-refractivity contribution in [2.75, 3.05) is 6.61 Å². The van der Waals surface area contributed by atoms with Gasteiger partial charge in [0.15, 0.2) is 0 Å². The van der Waals surface area contributed by atoms with Gasteiger partial charge >= 0.3 is 0 Å². The summed E-state index contributed by atoms with van der Waals surface area (Å²) in [5.41, 5.74) is 3.09. The molecule has 7 heteroatoms. The summed E-state index contributed by atoms with van der Waals surface area (Å²) in [5.74, 6) is -1.26. The lowest BCUT2D eigenvalue weighted by molar-refractivity contribution is -0.123. The van der Waals surface area contributed by atoms with Gasteiger partial charge in [0.25, 0.3) is 11.8 Å². The maximum atomic E-state index is 13.8. The van der Waals surface area contributed by atoms with Gasteiger partial charge in [-0.15, -0.1) is 0 Å². The van der Waals surface area contributed by atoms with Crippen molar-refractivity contribution in [2.45, 2.75) is 39.7 Å². The van der Waals surface area contributed by atoms with Crippen molar-refractivity contribution in [1.82, 2.24) is 10.7 Å². The molecule has 2 aromatic carbocycles. The molecule has 6 nitrogen and oxygen atoms in total. The summed E-state index contributed by atoms with van der Waals surface area (Å²) < 4.78 is 19.5. The number of halogens is 1. The van der Waals surface area contributed by atoms with Crippen molar-refractivity contribution in [3.05, 3.63) is 65.5 Å². The molecule has 0 aliphatic heterocycles. The van der Waals surface area contributed by atoms with Crippen LogP contribution in [0.25, 0.3) is 0 Å². The Labute approximate surface area is 176 Å². The van der Waals surface area contributed by atoms with Crippen molar-refractivity contribution >= 4 is 18.0 Å². The highest BCUT2D eigenvalue weighted by atomic mass is 19.1. The Hall–Kier alpha value is -3.22. The van der Waals surface area contributed by atoms with E-state index in [1.165, 1.54) is 24.4 Å². The summed E-state index contributed by atoms with van der Waals surface area (Å²) in [7, 11) is 0. The molecule has 2 amide bonds. The highest BCUT2D eigenvalue weighted by molar-refractivity contribution is 5.98. The van der Waals surface area contributed by atoms with Gasteiger partial charge in [-0.25, -0.2) is 9.82 Å². The van der Waals surface area contributed by atoms with E-state index in [0.717, 1.165) is 24.2 Å². The van der Waals surface area contributed by atoms with Crippen LogP contribution in [0.1, 0.15) is 49.5 Å². The van der Waals surface area contributed by atoms with Crippen molar-refractivity contribution in [2.24, 2.45) is 11.0 Å². The molecule has 0 fully saturated rings. The Bertz CT molecular complexity index is 884. The molecule has 1 unspecified atom stereocenters. The summed E-state index contributed by atoms with van der Waals surface area (Å²) in [6.07, 6.45) is 3.53. The number of hydrogen-bond donors (Lipinski definition) is 2. The fraction of sp³-hybridized carbons (Fsp3) is 0.348. The first-order valence-electron chi connectivity index (χ1n) is 10.0. The summed E-state index contributed by atoms with van der Waals surface area (Å²) in [6.45, 7) is 6.31. The first kappa shape index (κ1) is 23.1. The van der Waals surface area contributed by atoms with E-state index in [9.17, 15) is 14.0 Å². The van der Waals surface area contributed by atoms with Crippen molar-refractivity contribution in [1.29, 1.82) is 0 Å². The van der Waals surface area contributed by atoms with Crippen molar-refractivity contribution < 1.29 is 18.7 Å². The van der Waals surface area contributed by atoms with Crippen LogP contribution < -0.4 is 15.5 Å². The normalized spacial score (nSPS) is 12.0. The fourth-order valence-corrected chi connectivity index (χ4v) is 2.66. The lowest BCUT2D eigenvalue weighted by Gasteiger charge is -2.20. The van der Waals surface area contributed by atoms with Crippen LogP contribution in [0, 0.1) is 11.7 Å². The van der Waals surface area contributed by atoms with Crippen LogP contribution in [0.4, 0.5) is 4.39 Å². The molecule has 2 aromatic rings. The highest BCUT2D eigenvalue weighted by Gasteiger charge is 2.25. The van der Waals surface area contributed by atoms with Gasteiger partial charge in [-0.05, 0) is 42.2 Å². The topological polar surface area (TPSA) is 79.8 Å². The summed E-state index contributed by atoms with van der Waals surface area (Å²) in [6, 6.07) is 12.1. The number of unbranched alkanes of at least 4 members (excludes halogenated alkanes) is 1. The predicted molar refractivity (Wildman–Crippen MR) is 115 cm³/mol. The van der Waals surface area contributed by atoms with E-state index >= 15 is 0 Å². The van der Waals surface area contributed by atoms with Crippen LogP contribution in [0.3, 0.4) is 0 Å². The van der Waals surface area contributed by atoms with Gasteiger partial charge in [-0.2, -0.15) is 5.10 Å². The van der Waals surface area contributed by atoms with Crippen LogP contribution in [0.5, 0.6) is 5.75 Å². The summed E-state index contributed by atoms with van der Waals surface area (Å²) in [4.78, 5) is 24.9. The number of carbonyl (C=O) groups is 2. The Morgan fingerprint density at radius 2 is 1.93 bits per heavy atom. The van der Waals surface area contributed by atoms with Crippen molar-refractivity contribution in [3.63, 3.8) is 0 Å². The molecule has 0 saturated carbocycles. The zero-order valence-corrected chi connectivity index (χ0v) is 17.5. The Morgan fingerprint density at radius 1 is 1.17 bits per heavy atom. The minimum atomic E-state index is -0.863. The standard InChI is InChI=1S/C23H28FN3O3/c1-4-5-13-30-18-10-8-9-17(14-18)15-25-27-23(29)21(16(2)3)26-22(28)19-11-6-7-12-20(19)24/h6-12,14-16,21H,4-5,13H2,1-3H3,(H,26,28)(H,27,29). The molecule has 0 radical (unpaired) electrons. The summed E-state index contributed by atoms with van der Waals surface area (Å²) >= 11 is 0. The number of rotatable bonds is 10. The molecule has 160 valence electrons. The Kier molecular flexibility index (Phi) is 9.00. The molecule has 0 bridgehead atoms. The fourth-order valence-electron chi connectivity index (χ4n) is 2.66. The van der Waals surface area contributed by atoms with Gasteiger partial charge in [0.2, 0.25) is 0 Å². The zero-order chi connectivity index (χ0) is 21.9. The Morgan fingerprint density at radius 3 is 2.63 bits per heavy atom. The molecule has 0 spiro atoms. The molecule has 1 atom stereocenters. The minimum Gasteiger partial charge on any atom is -0.494 e. The van der Waals surface area contributed by atoms with Gasteiger partial charge in [0, 0.05) is 0 Å². The molecule has 0 aliphatic carbocycles. The number of nitrogens with one attached hydrogen (secondary N) is 2. The van der Waals surface area contributed by atoms with E-state index in [1.54, 1.807) is 19.9 Å². The van der Waals surface area contributed by atoms with Crippen LogP contribution in [0.2, 0.25) is 0 Å². The van der Waals surface area contributed by atoms with E-state index in [4.69, 9.17) is 4.74 Å². The lowest BCUT2D eigenvalue weighted by atomic mass is 10.0. The zero-order valence-electron chi connectivity index (χ0n) is 17.5. The average molecular weight is 413 g/mol. The van der Waals surface area contributed by atoms with Crippen LogP contribution in [0.15, 0.2) is 53.6 Å². The van der Waals surface area contributed by atoms with Gasteiger partial charge in [0.1, 0.15) is 17.6 Å². The first-order chi connectivity index (χ1) is 14.4. The summed E-state index contributed by atoms with van der Waals surface area (Å²) in [5, 5.41) is 6.55. The quantitative estimate of drug-likeness (QED) is 0.352. The molecule has 0 aromatic heterocycles. The second kappa shape index (κ2) is 11.7. The number of ether oxygens (including phenoxy) is 1. The molecule has 0 aliphatic rings. The largest absolute Gasteiger partial charge is 0.494 e. The molecule has 0 heterocycles. The number of amides is 2. The maximum Gasteiger partial charge on any atom is 0.262 e. The lowest BCUT2D eigenvalue weighted by Crippen LogP contribution is -2.48. The van der Waals surface area contributed by atoms with E-state index in [-0.39, 0.29) is 11.5 Å². The van der Waals surface area contributed by atoms with Crippen LogP contribution in [-0.2, 0) is 4.79 Å². The molecule has 0 saturated heterocycles. The van der Waals surface area contributed by atoms with Crippen molar-refractivity contribution in [3.8, 4) is 5.75 Å². The molecule has 2 rings (SSSR count). The number of hydrazone groups is 1. The Balaban J connectivity index is 1.97. The van der Waals surface area contributed by atoms with Gasteiger partial charge in [-0.3, -0.25) is 9.59 Å². The second-order valence-electron chi connectivity index (χ2n) is 7.18. The third-order valence-corrected chi connectivity index (χ3v) is 4.37. The number of hydrogen-bond acceptors (Lipinski definition) is 4. The third-order valence-electron chi connectivity index (χ3n) is 4.37. The van der Waals surface area contributed by atoms with E-state index < -0.39 is 23.7 Å². The third kappa shape index (κ3) is 6.99. The van der Waals surface area contributed by atoms with Gasteiger partial charge < -0.3 is 10.1 Å². The monoisotopic (exact) mass is 413 g/mol. The van der Waals surface area contributed by atoms with Gasteiger partial charge in [0.05, 0.1) is 18.4 Å². The van der Waals surface area contributed by atoms with E-state index in [2.05, 4.69) is 22.8 Å². The number of benzene rings is 2. The molecular formula is C23H28FN3O3. The van der Waals surface area contributed by atoms with Crippen LogP contribution in [-0.4, -0.2) is 30.7 Å². The second-order valence-corrected chi connectivity index (χ2v) is 7.18. The van der Waals surface area contributed by atoms with E-state index in [0.29, 0.717) is 6.61 Å². The maximum absolute atomic E-state index is 13.8. The molecule has 30 heavy (non-hydrogen) atoms. The number of carbonyl (C=O) groups excluding carboxylic acids is 2. The number of nitrogens with zero attached hydrogens (tertiary/aromatic N) is 1. The average Bonchev–Trinajstić information content (AvgIpc) is 2.72. The molecular weight excluding hydrogens is 385 g/mol. The van der Waals surface area contributed by atoms with Gasteiger partial charge in [-0.1, -0.05) is 51.5 Å². The predicted octanol–water partition coefficient (Wildman–Crippen LogP) is 3.91. The minimum absolute atomic E-state index is 0.112. The van der Waals surface area contributed by atoms with Crippen LogP contribution >= 0.6 is 0 Å². The molecule has 2 N–H and O–H groups in total. The first-order valence-corrected chi connectivity index (χ1v) is 10.0. The van der Waals surface area contributed by atoms with E-state index in [1.807, 2.05) is 24.3 Å².